The fourth-order valence-corrected chi connectivity index (χ4v) is 3.19. The van der Waals surface area contributed by atoms with Crippen LogP contribution in [0.2, 0.25) is 0 Å². The van der Waals surface area contributed by atoms with Gasteiger partial charge in [0.15, 0.2) is 0 Å². The van der Waals surface area contributed by atoms with Gasteiger partial charge in [-0.2, -0.15) is 0 Å². The summed E-state index contributed by atoms with van der Waals surface area (Å²) in [6.07, 6.45) is 3.14. The number of rotatable bonds is 3. The second-order valence-electron chi connectivity index (χ2n) is 5.63. The van der Waals surface area contributed by atoms with E-state index in [0.717, 1.165) is 19.6 Å². The fourth-order valence-electron chi connectivity index (χ4n) is 2.96. The highest BCUT2D eigenvalue weighted by atomic mass is 32.1. The summed E-state index contributed by atoms with van der Waals surface area (Å²) in [5.41, 5.74) is 5.10. The zero-order chi connectivity index (χ0) is 13.3. The van der Waals surface area contributed by atoms with Crippen LogP contribution < -0.4 is 5.73 Å². The molecule has 0 spiro atoms. The lowest BCUT2D eigenvalue weighted by atomic mass is 9.85. The lowest BCUT2D eigenvalue weighted by Gasteiger charge is -2.41. The Balaban J connectivity index is 2.07. The van der Waals surface area contributed by atoms with Gasteiger partial charge in [-0.1, -0.05) is 19.1 Å². The number of nitrogens with two attached hydrogens (primary N) is 1. The van der Waals surface area contributed by atoms with Crippen LogP contribution in [0.3, 0.4) is 0 Å². The molecule has 5 heteroatoms. The van der Waals surface area contributed by atoms with Crippen LogP contribution in [0.25, 0.3) is 0 Å². The second kappa shape index (κ2) is 5.13. The van der Waals surface area contributed by atoms with Crippen molar-refractivity contribution in [3.63, 3.8) is 0 Å². The lowest BCUT2D eigenvalue weighted by molar-refractivity contribution is -0.140. The lowest BCUT2D eigenvalue weighted by Crippen LogP contribution is -2.57. The number of piperazine rings is 1. The summed E-state index contributed by atoms with van der Waals surface area (Å²) in [7, 11) is 0. The maximum Gasteiger partial charge on any atom is 0.235 e. The zero-order valence-corrected chi connectivity index (χ0v) is 12.1. The minimum absolute atomic E-state index is 0.115. The molecule has 0 aromatic rings. The van der Waals surface area contributed by atoms with Crippen molar-refractivity contribution in [3.8, 4) is 0 Å². The van der Waals surface area contributed by atoms with Crippen molar-refractivity contribution in [2.45, 2.75) is 39.2 Å². The summed E-state index contributed by atoms with van der Waals surface area (Å²) in [5.74, 6) is 0.115. The number of hydrogen-bond acceptors (Lipinski definition) is 3. The van der Waals surface area contributed by atoms with E-state index in [-0.39, 0.29) is 5.91 Å². The van der Waals surface area contributed by atoms with Crippen molar-refractivity contribution in [3.05, 3.63) is 0 Å². The van der Waals surface area contributed by atoms with Crippen molar-refractivity contribution in [1.82, 2.24) is 9.80 Å². The third kappa shape index (κ3) is 2.26. The summed E-state index contributed by atoms with van der Waals surface area (Å²) in [6, 6.07) is 0.551. The van der Waals surface area contributed by atoms with Gasteiger partial charge in [0.2, 0.25) is 5.91 Å². The molecule has 2 rings (SSSR count). The highest BCUT2D eigenvalue weighted by molar-refractivity contribution is 7.80. The Morgan fingerprint density at radius 3 is 2.78 bits per heavy atom. The first-order valence-electron chi connectivity index (χ1n) is 6.82. The first kappa shape index (κ1) is 13.7. The molecule has 0 aliphatic carbocycles. The van der Waals surface area contributed by atoms with Crippen LogP contribution in [-0.2, 0) is 4.79 Å². The minimum Gasteiger partial charge on any atom is -0.392 e. The Morgan fingerprint density at radius 2 is 2.17 bits per heavy atom. The normalized spacial score (nSPS) is 27.7. The molecule has 2 aliphatic rings. The Bertz CT molecular complexity index is 360. The number of carbonyl (C=O) groups excluding carboxylic acids is 1. The highest BCUT2D eigenvalue weighted by Gasteiger charge is 2.41. The van der Waals surface area contributed by atoms with Gasteiger partial charge in [-0.3, -0.25) is 9.69 Å². The van der Waals surface area contributed by atoms with E-state index in [4.69, 9.17) is 18.0 Å². The number of amides is 1. The third-order valence-electron chi connectivity index (χ3n) is 4.60. The molecule has 0 aromatic carbocycles. The Kier molecular flexibility index (Phi) is 3.92. The molecular weight excluding hydrogens is 246 g/mol. The Morgan fingerprint density at radius 1 is 1.44 bits per heavy atom. The van der Waals surface area contributed by atoms with Gasteiger partial charge in [0.1, 0.15) is 0 Å². The first-order chi connectivity index (χ1) is 8.49. The van der Waals surface area contributed by atoms with Gasteiger partial charge in [0.25, 0.3) is 0 Å². The molecule has 2 fully saturated rings. The van der Waals surface area contributed by atoms with Crippen molar-refractivity contribution in [2.24, 2.45) is 11.1 Å². The molecule has 1 amide bonds. The van der Waals surface area contributed by atoms with Gasteiger partial charge in [-0.25, -0.2) is 0 Å². The number of carbonyl (C=O) groups is 1. The van der Waals surface area contributed by atoms with E-state index in [0.29, 0.717) is 17.5 Å². The molecular formula is C13H23N3OS. The average molecular weight is 269 g/mol. The third-order valence-corrected chi connectivity index (χ3v) is 5.05. The van der Waals surface area contributed by atoms with E-state index in [1.165, 1.54) is 19.4 Å². The molecule has 18 heavy (non-hydrogen) atoms. The van der Waals surface area contributed by atoms with Crippen LogP contribution in [0.5, 0.6) is 0 Å². The van der Waals surface area contributed by atoms with Crippen LogP contribution >= 0.6 is 12.2 Å². The summed E-state index contributed by atoms with van der Waals surface area (Å²) >= 11 is 5.09. The number of thiocarbonyl (C=S) groups is 1. The molecule has 0 bridgehead atoms. The van der Waals surface area contributed by atoms with Gasteiger partial charge >= 0.3 is 0 Å². The predicted molar refractivity (Wildman–Crippen MR) is 76.4 cm³/mol. The van der Waals surface area contributed by atoms with Gasteiger partial charge in [-0.15, -0.1) is 0 Å². The molecule has 2 saturated heterocycles. The minimum atomic E-state index is -0.671. The van der Waals surface area contributed by atoms with E-state index < -0.39 is 5.41 Å². The van der Waals surface area contributed by atoms with Gasteiger partial charge < -0.3 is 10.6 Å². The average Bonchev–Trinajstić information content (AvgIpc) is 2.83. The smallest absolute Gasteiger partial charge is 0.235 e. The molecule has 4 nitrogen and oxygen atoms in total. The maximum absolute atomic E-state index is 12.6. The largest absolute Gasteiger partial charge is 0.392 e. The number of fused-ring (bicyclic) bond motifs is 1. The van der Waals surface area contributed by atoms with Crippen LogP contribution in [0.4, 0.5) is 0 Å². The Hall–Kier alpha value is -0.680. The Labute approximate surface area is 114 Å². The molecule has 2 heterocycles. The second-order valence-corrected chi connectivity index (χ2v) is 6.07. The van der Waals surface area contributed by atoms with E-state index in [1.54, 1.807) is 0 Å². The van der Waals surface area contributed by atoms with E-state index in [2.05, 4.69) is 4.90 Å². The van der Waals surface area contributed by atoms with Crippen molar-refractivity contribution in [2.75, 3.05) is 26.2 Å². The highest BCUT2D eigenvalue weighted by Crippen LogP contribution is 2.28. The first-order valence-corrected chi connectivity index (χ1v) is 7.23. The fraction of sp³-hybridized carbons (Fsp3) is 0.846. The number of nitrogens with zero attached hydrogens (tertiary/aromatic N) is 2. The van der Waals surface area contributed by atoms with Crippen LogP contribution in [-0.4, -0.2) is 52.9 Å². The van der Waals surface area contributed by atoms with E-state index in [9.17, 15) is 4.79 Å². The van der Waals surface area contributed by atoms with E-state index >= 15 is 0 Å². The molecule has 0 saturated carbocycles. The quantitative estimate of drug-likeness (QED) is 0.777. The van der Waals surface area contributed by atoms with Crippen molar-refractivity contribution < 1.29 is 4.79 Å². The zero-order valence-electron chi connectivity index (χ0n) is 11.3. The molecule has 2 unspecified atom stereocenters. The molecule has 102 valence electrons. The SMILES string of the molecule is CCC(C)(C(=O)N1CCN2CCCC2C1)C(N)=S. The topological polar surface area (TPSA) is 49.6 Å². The summed E-state index contributed by atoms with van der Waals surface area (Å²) < 4.78 is 0. The summed E-state index contributed by atoms with van der Waals surface area (Å²) in [5, 5.41) is 0. The van der Waals surface area contributed by atoms with Crippen molar-refractivity contribution in [1.29, 1.82) is 0 Å². The molecule has 2 N–H and O–H groups in total. The van der Waals surface area contributed by atoms with E-state index in [1.807, 2.05) is 18.7 Å². The van der Waals surface area contributed by atoms with Gasteiger partial charge in [-0.05, 0) is 32.7 Å². The monoisotopic (exact) mass is 269 g/mol. The van der Waals surface area contributed by atoms with Crippen LogP contribution in [0.15, 0.2) is 0 Å². The van der Waals surface area contributed by atoms with Crippen molar-refractivity contribution >= 4 is 23.1 Å². The summed E-state index contributed by atoms with van der Waals surface area (Å²) in [4.78, 5) is 17.4. The predicted octanol–water partition coefficient (Wildman–Crippen LogP) is 0.995. The molecule has 0 radical (unpaired) electrons. The van der Waals surface area contributed by atoms with Crippen LogP contribution in [0.1, 0.15) is 33.1 Å². The molecule has 2 atom stereocenters. The molecule has 2 aliphatic heterocycles. The maximum atomic E-state index is 12.6. The summed E-state index contributed by atoms with van der Waals surface area (Å²) in [6.45, 7) is 7.69. The van der Waals surface area contributed by atoms with Gasteiger partial charge in [0, 0.05) is 25.7 Å². The molecule has 0 aromatic heterocycles. The van der Waals surface area contributed by atoms with Crippen LogP contribution in [0, 0.1) is 5.41 Å². The number of hydrogen-bond donors (Lipinski definition) is 1. The standard InChI is InChI=1S/C13H23N3OS/c1-3-13(2,11(14)18)12(17)16-8-7-15-6-4-5-10(15)9-16/h10H,3-9H2,1-2H3,(H2,14,18). The van der Waals surface area contributed by atoms with Gasteiger partial charge in [0.05, 0.1) is 10.4 Å².